The molecule has 1 aliphatic rings. The summed E-state index contributed by atoms with van der Waals surface area (Å²) in [6.07, 6.45) is 0.672. The van der Waals surface area contributed by atoms with Gasteiger partial charge in [0.25, 0.3) is 0 Å². The summed E-state index contributed by atoms with van der Waals surface area (Å²) in [5, 5.41) is 10.9. The fraction of sp³-hybridized carbons (Fsp3) is 0.320. The van der Waals surface area contributed by atoms with E-state index in [-0.39, 0.29) is 5.82 Å². The molecule has 1 atom stereocenters. The Bertz CT molecular complexity index is 974. The summed E-state index contributed by atoms with van der Waals surface area (Å²) in [4.78, 5) is 8.64. The molecule has 2 aromatic carbocycles. The van der Waals surface area contributed by atoms with Crippen molar-refractivity contribution < 1.29 is 14.2 Å². The first-order chi connectivity index (χ1) is 15.2. The summed E-state index contributed by atoms with van der Waals surface area (Å²) >= 11 is 0. The number of benzene rings is 2. The smallest absolute Gasteiger partial charge is 0.146 e. The van der Waals surface area contributed by atoms with Gasteiger partial charge in [-0.15, -0.1) is 0 Å². The first kappa shape index (κ1) is 21.3. The van der Waals surface area contributed by atoms with Crippen LogP contribution in [0.1, 0.15) is 29.8 Å². The lowest BCUT2D eigenvalue weighted by Crippen LogP contribution is -2.46. The van der Waals surface area contributed by atoms with Gasteiger partial charge in [0.2, 0.25) is 0 Å². The maximum atomic E-state index is 14.9. The average molecular weight is 422 g/mol. The van der Waals surface area contributed by atoms with Crippen LogP contribution in [0.4, 0.5) is 10.1 Å². The fourth-order valence-electron chi connectivity index (χ4n) is 4.03. The van der Waals surface area contributed by atoms with Gasteiger partial charge in [0.1, 0.15) is 17.7 Å². The Kier molecular flexibility index (Phi) is 6.79. The maximum Gasteiger partial charge on any atom is 0.146 e. The number of rotatable bonds is 7. The molecule has 31 heavy (non-hydrogen) atoms. The molecule has 0 radical (unpaired) electrons. The highest BCUT2D eigenvalue weighted by molar-refractivity contribution is 5.57. The number of aliphatic hydroxyl groups is 1. The molecule has 2 heterocycles. The number of aliphatic hydroxyl groups excluding tert-OH is 1. The predicted molar refractivity (Wildman–Crippen MR) is 120 cm³/mol. The van der Waals surface area contributed by atoms with Crippen molar-refractivity contribution >= 4 is 5.69 Å². The molecule has 4 rings (SSSR count). The van der Waals surface area contributed by atoms with Crippen LogP contribution >= 0.6 is 0 Å². The number of halogens is 1. The van der Waals surface area contributed by atoms with E-state index in [1.165, 1.54) is 11.6 Å². The zero-order valence-electron chi connectivity index (χ0n) is 17.7. The van der Waals surface area contributed by atoms with Crippen molar-refractivity contribution in [2.24, 2.45) is 0 Å². The number of piperazine rings is 1. The topological polar surface area (TPSA) is 48.8 Å². The van der Waals surface area contributed by atoms with Crippen molar-refractivity contribution in [1.82, 2.24) is 9.88 Å². The number of hydrogen-bond donors (Lipinski definition) is 1. The molecule has 1 fully saturated rings. The molecular formula is C25H28FN3O2. The number of pyridine rings is 1. The lowest BCUT2D eigenvalue weighted by atomic mass is 10.0. The number of para-hydroxylation sites is 1. The van der Waals surface area contributed by atoms with Crippen LogP contribution in [0.15, 0.2) is 66.9 Å². The standard InChI is InChI=1S/C25H28FN3O2/c1-2-31-20-11-9-19(10-12-20)18-28-14-16-29(17-15-28)24-21(6-5-7-22(24)26)25(30)23-8-3-4-13-27-23/h3-13,25,30H,2,14-18H2,1H3/t25-/m1/s1. The number of aromatic nitrogens is 1. The van der Waals surface area contributed by atoms with Gasteiger partial charge >= 0.3 is 0 Å². The maximum absolute atomic E-state index is 14.9. The minimum atomic E-state index is -0.964. The Balaban J connectivity index is 1.44. The van der Waals surface area contributed by atoms with Gasteiger partial charge in [-0.1, -0.05) is 30.3 Å². The van der Waals surface area contributed by atoms with Crippen LogP contribution in [-0.2, 0) is 6.54 Å². The molecule has 0 unspecified atom stereocenters. The van der Waals surface area contributed by atoms with E-state index in [4.69, 9.17) is 4.74 Å². The van der Waals surface area contributed by atoms with Gasteiger partial charge in [0, 0.05) is 44.5 Å². The first-order valence-corrected chi connectivity index (χ1v) is 10.7. The molecule has 0 saturated carbocycles. The van der Waals surface area contributed by atoms with E-state index in [0.29, 0.717) is 36.6 Å². The summed E-state index contributed by atoms with van der Waals surface area (Å²) in [6.45, 7) is 6.51. The highest BCUT2D eigenvalue weighted by Gasteiger charge is 2.25. The fourth-order valence-corrected chi connectivity index (χ4v) is 4.03. The number of anilines is 1. The van der Waals surface area contributed by atoms with E-state index in [2.05, 4.69) is 22.0 Å². The van der Waals surface area contributed by atoms with Crippen molar-refractivity contribution in [1.29, 1.82) is 0 Å². The summed E-state index contributed by atoms with van der Waals surface area (Å²) < 4.78 is 20.4. The van der Waals surface area contributed by atoms with Gasteiger partial charge in [-0.3, -0.25) is 9.88 Å². The van der Waals surface area contributed by atoms with Crippen LogP contribution in [0.2, 0.25) is 0 Å². The normalized spacial score (nSPS) is 15.6. The molecule has 0 spiro atoms. The summed E-state index contributed by atoms with van der Waals surface area (Å²) in [5.41, 5.74) is 2.78. The Morgan fingerprint density at radius 3 is 2.45 bits per heavy atom. The van der Waals surface area contributed by atoms with Gasteiger partial charge in [0.05, 0.1) is 18.0 Å². The van der Waals surface area contributed by atoms with Crippen LogP contribution in [0.3, 0.4) is 0 Å². The van der Waals surface area contributed by atoms with Crippen LogP contribution in [0.25, 0.3) is 0 Å². The second kappa shape index (κ2) is 9.90. The monoisotopic (exact) mass is 421 g/mol. The zero-order valence-corrected chi connectivity index (χ0v) is 17.7. The second-order valence-corrected chi connectivity index (χ2v) is 7.67. The third-order valence-corrected chi connectivity index (χ3v) is 5.61. The van der Waals surface area contributed by atoms with E-state index < -0.39 is 6.10 Å². The molecule has 162 valence electrons. The van der Waals surface area contributed by atoms with Crippen molar-refractivity contribution in [2.45, 2.75) is 19.6 Å². The van der Waals surface area contributed by atoms with E-state index in [1.54, 1.807) is 30.5 Å². The summed E-state index contributed by atoms with van der Waals surface area (Å²) in [7, 11) is 0. The van der Waals surface area contributed by atoms with E-state index in [1.807, 2.05) is 30.0 Å². The minimum Gasteiger partial charge on any atom is -0.494 e. The van der Waals surface area contributed by atoms with Gasteiger partial charge in [-0.2, -0.15) is 0 Å². The molecule has 0 aliphatic carbocycles. The summed E-state index contributed by atoms with van der Waals surface area (Å²) in [5.74, 6) is 0.571. The largest absolute Gasteiger partial charge is 0.494 e. The molecule has 1 saturated heterocycles. The van der Waals surface area contributed by atoms with Crippen molar-refractivity contribution in [3.8, 4) is 5.75 Å². The van der Waals surface area contributed by atoms with Crippen LogP contribution in [0, 0.1) is 5.82 Å². The van der Waals surface area contributed by atoms with Gasteiger partial charge in [-0.25, -0.2) is 4.39 Å². The molecule has 3 aromatic rings. The summed E-state index contributed by atoms with van der Waals surface area (Å²) in [6, 6.07) is 18.4. The molecule has 1 aliphatic heterocycles. The number of nitrogens with zero attached hydrogens (tertiary/aromatic N) is 3. The Labute approximate surface area is 182 Å². The Morgan fingerprint density at radius 1 is 1.00 bits per heavy atom. The zero-order chi connectivity index (χ0) is 21.6. The minimum absolute atomic E-state index is 0.313. The molecule has 1 aromatic heterocycles. The second-order valence-electron chi connectivity index (χ2n) is 7.67. The van der Waals surface area contributed by atoms with Gasteiger partial charge < -0.3 is 14.7 Å². The Hall–Kier alpha value is -2.96. The van der Waals surface area contributed by atoms with E-state index >= 15 is 0 Å². The van der Waals surface area contributed by atoms with E-state index in [0.717, 1.165) is 25.4 Å². The van der Waals surface area contributed by atoms with E-state index in [9.17, 15) is 9.50 Å². The molecule has 1 N–H and O–H groups in total. The SMILES string of the molecule is CCOc1ccc(CN2CCN(c3c(F)cccc3[C@@H](O)c3ccccn3)CC2)cc1. The number of hydrogen-bond acceptors (Lipinski definition) is 5. The highest BCUT2D eigenvalue weighted by Crippen LogP contribution is 2.33. The molecule has 5 nitrogen and oxygen atoms in total. The predicted octanol–water partition coefficient (Wildman–Crippen LogP) is 4.02. The molecular weight excluding hydrogens is 393 g/mol. The quantitative estimate of drug-likeness (QED) is 0.624. The van der Waals surface area contributed by atoms with Gasteiger partial charge in [-0.05, 0) is 42.8 Å². The average Bonchev–Trinajstić information content (AvgIpc) is 2.81. The molecule has 0 bridgehead atoms. The van der Waals surface area contributed by atoms with Crippen molar-refractivity contribution in [2.75, 3.05) is 37.7 Å². The third-order valence-electron chi connectivity index (χ3n) is 5.61. The van der Waals surface area contributed by atoms with Crippen molar-refractivity contribution in [3.63, 3.8) is 0 Å². The first-order valence-electron chi connectivity index (χ1n) is 10.7. The van der Waals surface area contributed by atoms with Crippen LogP contribution in [-0.4, -0.2) is 47.8 Å². The van der Waals surface area contributed by atoms with Crippen molar-refractivity contribution in [3.05, 3.63) is 89.5 Å². The highest BCUT2D eigenvalue weighted by atomic mass is 19.1. The van der Waals surface area contributed by atoms with Gasteiger partial charge in [0.15, 0.2) is 0 Å². The third kappa shape index (κ3) is 5.03. The van der Waals surface area contributed by atoms with Crippen LogP contribution in [0.5, 0.6) is 5.75 Å². The lowest BCUT2D eigenvalue weighted by Gasteiger charge is -2.37. The molecule has 0 amide bonds. The van der Waals surface area contributed by atoms with Crippen LogP contribution < -0.4 is 9.64 Å². The number of ether oxygens (including phenoxy) is 1. The molecule has 6 heteroatoms. The Morgan fingerprint density at radius 2 is 1.77 bits per heavy atom. The lowest BCUT2D eigenvalue weighted by molar-refractivity contribution is 0.213.